The number of hydrogen-bond acceptors (Lipinski definition) is 4. The van der Waals surface area contributed by atoms with Gasteiger partial charge in [0.25, 0.3) is 0 Å². The number of piperidine rings is 1. The number of benzene rings is 1. The topological polar surface area (TPSA) is 73.7 Å². The molecular formula is C22H28F2N6O2. The summed E-state index contributed by atoms with van der Waals surface area (Å²) in [6.45, 7) is 4.47. The van der Waals surface area contributed by atoms with E-state index in [-0.39, 0.29) is 23.5 Å². The molecule has 2 aliphatic heterocycles. The van der Waals surface area contributed by atoms with E-state index in [1.54, 1.807) is 27.6 Å². The van der Waals surface area contributed by atoms with Crippen molar-refractivity contribution in [2.75, 3.05) is 37.6 Å². The predicted molar refractivity (Wildman–Crippen MR) is 115 cm³/mol. The molecule has 172 valence electrons. The molecule has 0 bridgehead atoms. The van der Waals surface area contributed by atoms with Gasteiger partial charge in [-0.05, 0) is 25.8 Å². The number of aryl methyl sites for hydroxylation is 1. The Morgan fingerprint density at radius 1 is 1.19 bits per heavy atom. The third-order valence-corrected chi connectivity index (χ3v) is 6.22. The van der Waals surface area contributed by atoms with Gasteiger partial charge in [0.05, 0.1) is 24.0 Å². The number of halogens is 2. The van der Waals surface area contributed by atoms with Crippen LogP contribution in [-0.4, -0.2) is 70.3 Å². The van der Waals surface area contributed by atoms with Gasteiger partial charge < -0.3 is 15.1 Å². The molecule has 0 aliphatic carbocycles. The van der Waals surface area contributed by atoms with Crippen LogP contribution >= 0.6 is 0 Å². The van der Waals surface area contributed by atoms with E-state index in [0.717, 1.165) is 24.6 Å². The van der Waals surface area contributed by atoms with Gasteiger partial charge in [-0.3, -0.25) is 14.4 Å². The maximum absolute atomic E-state index is 14.0. The average Bonchev–Trinajstić information content (AvgIpc) is 3.20. The Morgan fingerprint density at radius 3 is 2.59 bits per heavy atom. The number of rotatable bonds is 4. The SMILES string of the molecule is CC(NC(=O)N1CCN(C2CCCN(c3cnn(C)c3)C2=O)CC1)c1ccc(F)cc1F. The maximum atomic E-state index is 14.0. The highest BCUT2D eigenvalue weighted by Gasteiger charge is 2.36. The summed E-state index contributed by atoms with van der Waals surface area (Å²) in [5, 5.41) is 6.95. The van der Waals surface area contributed by atoms with Crippen LogP contribution in [0.25, 0.3) is 0 Å². The van der Waals surface area contributed by atoms with Crippen molar-refractivity contribution in [3.05, 3.63) is 47.8 Å². The van der Waals surface area contributed by atoms with E-state index in [1.807, 2.05) is 13.2 Å². The number of amides is 3. The summed E-state index contributed by atoms with van der Waals surface area (Å²) in [4.78, 5) is 31.4. The second-order valence-electron chi connectivity index (χ2n) is 8.38. The molecule has 3 heterocycles. The second kappa shape index (κ2) is 9.23. The summed E-state index contributed by atoms with van der Waals surface area (Å²) >= 11 is 0. The van der Waals surface area contributed by atoms with Gasteiger partial charge in [0, 0.05) is 57.6 Å². The number of urea groups is 1. The third kappa shape index (κ3) is 4.59. The second-order valence-corrected chi connectivity index (χ2v) is 8.38. The number of nitrogens with zero attached hydrogens (tertiary/aromatic N) is 5. The summed E-state index contributed by atoms with van der Waals surface area (Å²) in [7, 11) is 1.82. The van der Waals surface area contributed by atoms with E-state index in [4.69, 9.17) is 0 Å². The van der Waals surface area contributed by atoms with Gasteiger partial charge in [-0.1, -0.05) is 6.07 Å². The summed E-state index contributed by atoms with van der Waals surface area (Å²) < 4.78 is 28.8. The van der Waals surface area contributed by atoms with Crippen LogP contribution in [0.3, 0.4) is 0 Å². The fourth-order valence-electron chi connectivity index (χ4n) is 4.44. The van der Waals surface area contributed by atoms with Crippen LogP contribution in [-0.2, 0) is 11.8 Å². The molecule has 2 fully saturated rings. The molecule has 1 aromatic heterocycles. The Labute approximate surface area is 185 Å². The van der Waals surface area contributed by atoms with Gasteiger partial charge in [0.2, 0.25) is 5.91 Å². The van der Waals surface area contributed by atoms with Gasteiger partial charge >= 0.3 is 6.03 Å². The Bertz CT molecular complexity index is 989. The van der Waals surface area contributed by atoms with Crippen molar-refractivity contribution in [3.8, 4) is 0 Å². The Kier molecular flexibility index (Phi) is 6.40. The van der Waals surface area contributed by atoms with Crippen molar-refractivity contribution in [1.29, 1.82) is 0 Å². The molecule has 0 radical (unpaired) electrons. The lowest BCUT2D eigenvalue weighted by molar-refractivity contribution is -0.126. The first-order valence-corrected chi connectivity index (χ1v) is 10.9. The van der Waals surface area contributed by atoms with Gasteiger partial charge in [-0.2, -0.15) is 5.10 Å². The van der Waals surface area contributed by atoms with E-state index in [9.17, 15) is 18.4 Å². The molecule has 8 nitrogen and oxygen atoms in total. The number of carbonyl (C=O) groups is 2. The number of hydrogen-bond donors (Lipinski definition) is 1. The summed E-state index contributed by atoms with van der Waals surface area (Å²) in [6, 6.07) is 2.24. The number of piperazine rings is 1. The molecule has 2 aliphatic rings. The number of carbonyl (C=O) groups excluding carboxylic acids is 2. The fourth-order valence-corrected chi connectivity index (χ4v) is 4.44. The summed E-state index contributed by atoms with van der Waals surface area (Å²) in [6.07, 6.45) is 5.25. The van der Waals surface area contributed by atoms with Crippen molar-refractivity contribution >= 4 is 17.6 Å². The first kappa shape index (κ1) is 22.2. The van der Waals surface area contributed by atoms with Crippen LogP contribution in [0, 0.1) is 11.6 Å². The van der Waals surface area contributed by atoms with Crippen LogP contribution in [0.1, 0.15) is 31.4 Å². The molecule has 4 rings (SSSR count). The van der Waals surface area contributed by atoms with Gasteiger partial charge in [0.15, 0.2) is 0 Å². The molecular weight excluding hydrogens is 418 g/mol. The fraction of sp³-hybridized carbons (Fsp3) is 0.500. The van der Waals surface area contributed by atoms with Crippen molar-refractivity contribution in [2.24, 2.45) is 7.05 Å². The highest BCUT2D eigenvalue weighted by atomic mass is 19.1. The van der Waals surface area contributed by atoms with Crippen LogP contribution in [0.4, 0.5) is 19.3 Å². The molecule has 2 unspecified atom stereocenters. The van der Waals surface area contributed by atoms with E-state index in [1.165, 1.54) is 12.1 Å². The largest absolute Gasteiger partial charge is 0.331 e. The van der Waals surface area contributed by atoms with Gasteiger partial charge in [-0.25, -0.2) is 13.6 Å². The van der Waals surface area contributed by atoms with Gasteiger partial charge in [0.1, 0.15) is 11.6 Å². The zero-order valence-electron chi connectivity index (χ0n) is 18.3. The lowest BCUT2D eigenvalue weighted by Crippen LogP contribution is -2.59. The highest BCUT2D eigenvalue weighted by molar-refractivity contribution is 5.97. The standard InChI is InChI=1S/C22H28F2N6O2/c1-15(18-6-5-16(23)12-19(18)24)26-22(32)29-10-8-28(9-11-29)20-4-3-7-30(21(20)31)17-13-25-27(2)14-17/h5-6,12-15,20H,3-4,7-11H2,1-2H3,(H,26,32). The first-order chi connectivity index (χ1) is 15.3. The lowest BCUT2D eigenvalue weighted by Gasteiger charge is -2.42. The first-order valence-electron chi connectivity index (χ1n) is 10.9. The minimum atomic E-state index is -0.684. The lowest BCUT2D eigenvalue weighted by atomic mass is 10.0. The van der Waals surface area contributed by atoms with Crippen LogP contribution < -0.4 is 10.2 Å². The average molecular weight is 447 g/mol. The molecule has 0 spiro atoms. The van der Waals surface area contributed by atoms with Crippen molar-refractivity contribution < 1.29 is 18.4 Å². The molecule has 3 amide bonds. The van der Waals surface area contributed by atoms with Crippen molar-refractivity contribution in [1.82, 2.24) is 24.9 Å². The Morgan fingerprint density at radius 2 is 1.94 bits per heavy atom. The number of nitrogens with one attached hydrogen (secondary N) is 1. The zero-order valence-corrected chi connectivity index (χ0v) is 18.3. The van der Waals surface area contributed by atoms with Crippen molar-refractivity contribution in [3.63, 3.8) is 0 Å². The minimum Gasteiger partial charge on any atom is -0.331 e. The normalized spacial score (nSPS) is 21.0. The highest BCUT2D eigenvalue weighted by Crippen LogP contribution is 2.24. The van der Waals surface area contributed by atoms with Crippen LogP contribution in [0.5, 0.6) is 0 Å². The molecule has 0 saturated carbocycles. The van der Waals surface area contributed by atoms with E-state index < -0.39 is 17.7 Å². The predicted octanol–water partition coefficient (Wildman–Crippen LogP) is 2.28. The smallest absolute Gasteiger partial charge is 0.317 e. The van der Waals surface area contributed by atoms with Crippen molar-refractivity contribution in [2.45, 2.75) is 31.8 Å². The zero-order chi connectivity index (χ0) is 22.8. The quantitative estimate of drug-likeness (QED) is 0.782. The van der Waals surface area contributed by atoms with E-state index in [2.05, 4.69) is 15.3 Å². The molecule has 2 aromatic rings. The number of aromatic nitrogens is 2. The monoisotopic (exact) mass is 446 g/mol. The van der Waals surface area contributed by atoms with E-state index >= 15 is 0 Å². The minimum absolute atomic E-state index is 0.0718. The third-order valence-electron chi connectivity index (χ3n) is 6.22. The molecule has 1 N–H and O–H groups in total. The maximum Gasteiger partial charge on any atom is 0.317 e. The molecule has 32 heavy (non-hydrogen) atoms. The van der Waals surface area contributed by atoms with Crippen LogP contribution in [0.2, 0.25) is 0 Å². The molecule has 2 saturated heterocycles. The summed E-state index contributed by atoms with van der Waals surface area (Å²) in [5.41, 5.74) is 1.05. The van der Waals surface area contributed by atoms with Gasteiger partial charge in [-0.15, -0.1) is 0 Å². The molecule has 10 heteroatoms. The molecule has 1 aromatic carbocycles. The summed E-state index contributed by atoms with van der Waals surface area (Å²) in [5.74, 6) is -1.26. The Balaban J connectivity index is 1.32. The Hall–Kier alpha value is -3.01. The number of anilines is 1. The van der Waals surface area contributed by atoms with E-state index in [0.29, 0.717) is 32.7 Å². The van der Waals surface area contributed by atoms with Crippen LogP contribution in [0.15, 0.2) is 30.6 Å². The molecule has 2 atom stereocenters.